The molecule has 0 unspecified atom stereocenters. The second-order valence-electron chi connectivity index (χ2n) is 3.47. The number of likely N-dealkylation sites (tertiary alicyclic amines) is 1. The smallest absolute Gasteiger partial charge is 0.355 e. The molecule has 1 aliphatic heterocycles. The van der Waals surface area contributed by atoms with Crippen molar-refractivity contribution in [2.75, 3.05) is 13.1 Å². The average Bonchev–Trinajstić information content (AvgIpc) is 2.75. The lowest BCUT2D eigenvalue weighted by molar-refractivity contribution is 0.0692. The number of hydrogen-bond acceptors (Lipinski definition) is 4. The lowest BCUT2D eigenvalue weighted by Gasteiger charge is -2.11. The standard InChI is InChI=1S/C9H12N2O2S/c12-9(13)8-5-7(14-10-8)6-11-3-1-2-4-11/h5H,1-4,6H2,(H,12,13). The van der Waals surface area contributed by atoms with Crippen LogP contribution in [0.15, 0.2) is 6.07 Å². The van der Waals surface area contributed by atoms with Crippen LogP contribution >= 0.6 is 11.5 Å². The molecule has 76 valence electrons. The average molecular weight is 212 g/mol. The van der Waals surface area contributed by atoms with Crippen molar-refractivity contribution >= 4 is 17.5 Å². The van der Waals surface area contributed by atoms with Crippen molar-refractivity contribution in [2.45, 2.75) is 19.4 Å². The number of aromatic nitrogens is 1. The van der Waals surface area contributed by atoms with Crippen molar-refractivity contribution in [3.8, 4) is 0 Å². The molecule has 1 fully saturated rings. The van der Waals surface area contributed by atoms with E-state index in [4.69, 9.17) is 5.11 Å². The van der Waals surface area contributed by atoms with E-state index in [9.17, 15) is 4.79 Å². The van der Waals surface area contributed by atoms with Gasteiger partial charge in [0, 0.05) is 11.4 Å². The maximum absolute atomic E-state index is 10.6. The Labute approximate surface area is 86.3 Å². The Balaban J connectivity index is 1.98. The number of carboxylic acids is 1. The zero-order chi connectivity index (χ0) is 9.97. The van der Waals surface area contributed by atoms with Crippen LogP contribution in [0.5, 0.6) is 0 Å². The van der Waals surface area contributed by atoms with Crippen LogP contribution in [-0.4, -0.2) is 33.4 Å². The van der Waals surface area contributed by atoms with E-state index >= 15 is 0 Å². The third kappa shape index (κ3) is 2.10. The van der Waals surface area contributed by atoms with Gasteiger partial charge in [0.1, 0.15) is 0 Å². The minimum atomic E-state index is -0.936. The number of aromatic carboxylic acids is 1. The molecule has 2 heterocycles. The van der Waals surface area contributed by atoms with Gasteiger partial charge in [0.15, 0.2) is 5.69 Å². The summed E-state index contributed by atoms with van der Waals surface area (Å²) in [7, 11) is 0. The van der Waals surface area contributed by atoms with Gasteiger partial charge < -0.3 is 5.11 Å². The van der Waals surface area contributed by atoms with Gasteiger partial charge in [0.05, 0.1) is 0 Å². The highest BCUT2D eigenvalue weighted by Gasteiger charge is 2.14. The number of carbonyl (C=O) groups is 1. The van der Waals surface area contributed by atoms with Crippen molar-refractivity contribution in [2.24, 2.45) is 0 Å². The molecular weight excluding hydrogens is 200 g/mol. The Bertz CT molecular complexity index is 331. The Morgan fingerprint density at radius 1 is 1.57 bits per heavy atom. The first-order valence-corrected chi connectivity index (χ1v) is 5.44. The molecule has 1 aliphatic rings. The molecule has 2 rings (SSSR count). The van der Waals surface area contributed by atoms with Gasteiger partial charge in [-0.2, -0.15) is 4.37 Å². The van der Waals surface area contributed by atoms with Crippen LogP contribution < -0.4 is 0 Å². The van der Waals surface area contributed by atoms with Crippen molar-refractivity contribution in [1.82, 2.24) is 9.27 Å². The van der Waals surface area contributed by atoms with Crippen LogP contribution in [0.25, 0.3) is 0 Å². The van der Waals surface area contributed by atoms with E-state index in [-0.39, 0.29) is 5.69 Å². The first-order chi connectivity index (χ1) is 6.75. The van der Waals surface area contributed by atoms with Crippen LogP contribution in [0.2, 0.25) is 0 Å². The largest absolute Gasteiger partial charge is 0.476 e. The summed E-state index contributed by atoms with van der Waals surface area (Å²) in [4.78, 5) is 14.0. The lowest BCUT2D eigenvalue weighted by atomic mass is 10.3. The SMILES string of the molecule is O=C(O)c1cc(CN2CCCC2)sn1. The van der Waals surface area contributed by atoms with Crippen molar-refractivity contribution in [3.05, 3.63) is 16.6 Å². The summed E-state index contributed by atoms with van der Waals surface area (Å²) < 4.78 is 3.87. The van der Waals surface area contributed by atoms with Crippen LogP contribution in [0, 0.1) is 0 Å². The molecule has 0 amide bonds. The highest BCUT2D eigenvalue weighted by atomic mass is 32.1. The number of carboxylic acid groups (broad SMARTS) is 1. The molecule has 1 N–H and O–H groups in total. The van der Waals surface area contributed by atoms with Crippen LogP contribution in [-0.2, 0) is 6.54 Å². The fourth-order valence-corrected chi connectivity index (χ4v) is 2.40. The van der Waals surface area contributed by atoms with Gasteiger partial charge in [-0.1, -0.05) is 0 Å². The number of hydrogen-bond donors (Lipinski definition) is 1. The van der Waals surface area contributed by atoms with Crippen LogP contribution in [0.3, 0.4) is 0 Å². The summed E-state index contributed by atoms with van der Waals surface area (Å²) in [6.07, 6.45) is 2.51. The van der Waals surface area contributed by atoms with Crippen molar-refractivity contribution in [3.63, 3.8) is 0 Å². The monoisotopic (exact) mass is 212 g/mol. The molecule has 0 aromatic carbocycles. The Kier molecular flexibility index (Phi) is 2.79. The van der Waals surface area contributed by atoms with Crippen molar-refractivity contribution in [1.29, 1.82) is 0 Å². The van der Waals surface area contributed by atoms with Crippen LogP contribution in [0.1, 0.15) is 28.2 Å². The molecule has 5 heteroatoms. The molecular formula is C9H12N2O2S. The summed E-state index contributed by atoms with van der Waals surface area (Å²) in [6.45, 7) is 3.10. The molecule has 0 bridgehead atoms. The maximum atomic E-state index is 10.6. The normalized spacial score (nSPS) is 17.4. The van der Waals surface area contributed by atoms with Gasteiger partial charge >= 0.3 is 5.97 Å². The van der Waals surface area contributed by atoms with E-state index in [0.717, 1.165) is 24.5 Å². The quantitative estimate of drug-likeness (QED) is 0.823. The van der Waals surface area contributed by atoms with E-state index in [1.54, 1.807) is 6.07 Å². The van der Waals surface area contributed by atoms with E-state index in [1.165, 1.54) is 24.4 Å². The molecule has 0 atom stereocenters. The zero-order valence-electron chi connectivity index (χ0n) is 7.77. The van der Waals surface area contributed by atoms with Gasteiger partial charge in [0.25, 0.3) is 0 Å². The predicted molar refractivity (Wildman–Crippen MR) is 53.6 cm³/mol. The van der Waals surface area contributed by atoms with E-state index < -0.39 is 5.97 Å². The van der Waals surface area contributed by atoms with Gasteiger partial charge in [-0.15, -0.1) is 0 Å². The van der Waals surface area contributed by atoms with E-state index in [0.29, 0.717) is 0 Å². The molecule has 0 spiro atoms. The van der Waals surface area contributed by atoms with E-state index in [2.05, 4.69) is 9.27 Å². The van der Waals surface area contributed by atoms with Crippen LogP contribution in [0.4, 0.5) is 0 Å². The maximum Gasteiger partial charge on any atom is 0.355 e. The van der Waals surface area contributed by atoms with Crippen molar-refractivity contribution < 1.29 is 9.90 Å². The third-order valence-electron chi connectivity index (χ3n) is 2.36. The third-order valence-corrected chi connectivity index (χ3v) is 3.13. The second-order valence-corrected chi connectivity index (χ2v) is 4.36. The predicted octanol–water partition coefficient (Wildman–Crippen LogP) is 1.44. The summed E-state index contributed by atoms with van der Waals surface area (Å²) in [6, 6.07) is 1.67. The topological polar surface area (TPSA) is 53.4 Å². The Hall–Kier alpha value is -0.940. The number of rotatable bonds is 3. The minimum Gasteiger partial charge on any atom is -0.476 e. The fraction of sp³-hybridized carbons (Fsp3) is 0.556. The first-order valence-electron chi connectivity index (χ1n) is 4.67. The fourth-order valence-electron chi connectivity index (χ4n) is 1.65. The molecule has 1 saturated heterocycles. The lowest BCUT2D eigenvalue weighted by Crippen LogP contribution is -2.17. The molecule has 1 aromatic rings. The summed E-state index contributed by atoms with van der Waals surface area (Å²) in [5.74, 6) is -0.936. The van der Waals surface area contributed by atoms with Gasteiger partial charge in [-0.25, -0.2) is 4.79 Å². The second kappa shape index (κ2) is 4.06. The summed E-state index contributed by atoms with van der Waals surface area (Å²) in [5.41, 5.74) is 0.171. The van der Waals surface area contributed by atoms with Gasteiger partial charge in [-0.05, 0) is 43.5 Å². The Morgan fingerprint density at radius 2 is 2.29 bits per heavy atom. The highest BCUT2D eigenvalue weighted by Crippen LogP contribution is 2.16. The van der Waals surface area contributed by atoms with Gasteiger partial charge in [-0.3, -0.25) is 4.90 Å². The Morgan fingerprint density at radius 3 is 2.86 bits per heavy atom. The number of nitrogens with zero attached hydrogens (tertiary/aromatic N) is 2. The summed E-state index contributed by atoms with van der Waals surface area (Å²) in [5, 5.41) is 8.69. The van der Waals surface area contributed by atoms with Gasteiger partial charge in [0.2, 0.25) is 0 Å². The molecule has 0 radical (unpaired) electrons. The van der Waals surface area contributed by atoms with E-state index in [1.807, 2.05) is 0 Å². The molecule has 1 aromatic heterocycles. The molecule has 14 heavy (non-hydrogen) atoms. The molecule has 0 saturated carbocycles. The molecule has 4 nitrogen and oxygen atoms in total. The molecule has 0 aliphatic carbocycles. The highest BCUT2D eigenvalue weighted by molar-refractivity contribution is 7.05. The first kappa shape index (κ1) is 9.61. The minimum absolute atomic E-state index is 0.171. The summed E-state index contributed by atoms with van der Waals surface area (Å²) >= 11 is 1.29. The zero-order valence-corrected chi connectivity index (χ0v) is 8.59.